The number of hydrogen-bond acceptors (Lipinski definition) is 5. The van der Waals surface area contributed by atoms with Crippen LogP contribution in [0.15, 0.2) is 22.6 Å². The number of nitrogens with one attached hydrogen (secondary N) is 1. The van der Waals surface area contributed by atoms with Crippen molar-refractivity contribution in [1.29, 1.82) is 15.8 Å². The van der Waals surface area contributed by atoms with E-state index in [1.165, 1.54) is 0 Å². The zero-order chi connectivity index (χ0) is 9.84. The molecule has 0 spiro atoms. The van der Waals surface area contributed by atoms with Crippen molar-refractivity contribution in [3.05, 3.63) is 22.6 Å². The van der Waals surface area contributed by atoms with Gasteiger partial charge in [0.2, 0.25) is 0 Å². The highest BCUT2D eigenvalue weighted by molar-refractivity contribution is 5.56. The van der Waals surface area contributed by atoms with Gasteiger partial charge in [0, 0.05) is 0 Å². The van der Waals surface area contributed by atoms with E-state index in [4.69, 9.17) is 20.9 Å². The smallest absolute Gasteiger partial charge is 0.154 e. The van der Waals surface area contributed by atoms with Crippen molar-refractivity contribution in [3.8, 4) is 18.2 Å². The molecule has 0 bridgehead atoms. The predicted octanol–water partition coefficient (Wildman–Crippen LogP) is 0.227. The molecule has 2 N–H and O–H groups in total. The van der Waals surface area contributed by atoms with Gasteiger partial charge < -0.3 is 10.4 Å². The van der Waals surface area contributed by atoms with Crippen LogP contribution in [-0.2, 0) is 0 Å². The Kier molecular flexibility index (Phi) is 2.19. The number of allylic oxidation sites excluding steroid dienone is 2. The normalized spacial score (nSPS) is 14.1. The Hall–Kier alpha value is -2.45. The van der Waals surface area contributed by atoms with Gasteiger partial charge in [-0.05, 0) is 0 Å². The van der Waals surface area contributed by atoms with Crippen molar-refractivity contribution in [2.45, 2.75) is 0 Å². The van der Waals surface area contributed by atoms with Gasteiger partial charge in [-0.15, -0.1) is 0 Å². The molecule has 62 valence electrons. The van der Waals surface area contributed by atoms with Crippen molar-refractivity contribution in [2.24, 2.45) is 0 Å². The Morgan fingerprint density at radius 2 is 1.92 bits per heavy atom. The standard InChI is InChI=1S/C8H4N4O/c9-1-5(2-10)8-6(3-11)7(13)4-12-8/h12-13H,4H2. The minimum absolute atomic E-state index is 0.0295. The first-order chi connectivity index (χ1) is 6.24. The Morgan fingerprint density at radius 3 is 2.38 bits per heavy atom. The Labute approximate surface area is 74.4 Å². The fourth-order valence-corrected chi connectivity index (χ4v) is 0.964. The first-order valence-corrected chi connectivity index (χ1v) is 3.35. The fraction of sp³-hybridized carbons (Fsp3) is 0.125. The van der Waals surface area contributed by atoms with Gasteiger partial charge in [-0.3, -0.25) is 0 Å². The summed E-state index contributed by atoms with van der Waals surface area (Å²) in [6.45, 7) is 0.0884. The number of aliphatic hydroxyl groups excluding tert-OH is 1. The van der Waals surface area contributed by atoms with Crippen LogP contribution in [0.25, 0.3) is 0 Å². The summed E-state index contributed by atoms with van der Waals surface area (Å²) in [7, 11) is 0. The summed E-state index contributed by atoms with van der Waals surface area (Å²) in [5, 5.41) is 37.3. The van der Waals surface area contributed by atoms with Gasteiger partial charge in [0.05, 0.1) is 12.2 Å². The molecule has 5 nitrogen and oxygen atoms in total. The van der Waals surface area contributed by atoms with Crippen LogP contribution in [0.3, 0.4) is 0 Å². The molecular formula is C8H4N4O. The second-order valence-electron chi connectivity index (χ2n) is 2.26. The molecule has 0 aromatic heterocycles. The first kappa shape index (κ1) is 8.64. The lowest BCUT2D eigenvalue weighted by molar-refractivity contribution is 0.402. The SMILES string of the molecule is N#CC(C#N)=C1NCC(O)=C1C#N. The molecule has 13 heavy (non-hydrogen) atoms. The largest absolute Gasteiger partial charge is 0.509 e. The summed E-state index contributed by atoms with van der Waals surface area (Å²) in [6.07, 6.45) is 0. The highest BCUT2D eigenvalue weighted by Crippen LogP contribution is 2.19. The molecule has 0 amide bonds. The Morgan fingerprint density at radius 1 is 1.31 bits per heavy atom. The monoisotopic (exact) mass is 172 g/mol. The molecule has 0 unspecified atom stereocenters. The Bertz CT molecular complexity index is 409. The molecular weight excluding hydrogens is 168 g/mol. The fourth-order valence-electron chi connectivity index (χ4n) is 0.964. The van der Waals surface area contributed by atoms with E-state index < -0.39 is 0 Å². The summed E-state index contributed by atoms with van der Waals surface area (Å²) in [5.41, 5.74) is -0.108. The molecule has 0 atom stereocenters. The van der Waals surface area contributed by atoms with Crippen molar-refractivity contribution in [3.63, 3.8) is 0 Å². The number of hydrogen-bond donors (Lipinski definition) is 2. The minimum Gasteiger partial charge on any atom is -0.509 e. The van der Waals surface area contributed by atoms with E-state index in [0.29, 0.717) is 0 Å². The molecule has 1 rings (SSSR count). The highest BCUT2D eigenvalue weighted by atomic mass is 16.3. The molecule has 1 heterocycles. The van der Waals surface area contributed by atoms with Crippen LogP contribution >= 0.6 is 0 Å². The van der Waals surface area contributed by atoms with Crippen LogP contribution in [-0.4, -0.2) is 11.7 Å². The second-order valence-corrected chi connectivity index (χ2v) is 2.26. The molecule has 0 saturated carbocycles. The third-order valence-electron chi connectivity index (χ3n) is 1.56. The lowest BCUT2D eigenvalue weighted by Gasteiger charge is -1.96. The molecule has 0 fully saturated rings. The number of rotatable bonds is 0. The number of nitriles is 3. The molecule has 0 aromatic rings. The van der Waals surface area contributed by atoms with Crippen molar-refractivity contribution in [1.82, 2.24) is 5.32 Å². The topological polar surface area (TPSA) is 104 Å². The molecule has 5 heteroatoms. The van der Waals surface area contributed by atoms with Crippen molar-refractivity contribution in [2.75, 3.05) is 6.54 Å². The number of aliphatic hydroxyl groups is 1. The highest BCUT2D eigenvalue weighted by Gasteiger charge is 2.22. The summed E-state index contributed by atoms with van der Waals surface area (Å²) in [5.74, 6) is -0.138. The maximum absolute atomic E-state index is 9.14. The van der Waals surface area contributed by atoms with E-state index in [9.17, 15) is 0 Å². The van der Waals surface area contributed by atoms with Crippen LogP contribution in [0.1, 0.15) is 0 Å². The third-order valence-corrected chi connectivity index (χ3v) is 1.56. The van der Waals surface area contributed by atoms with E-state index in [1.54, 1.807) is 18.2 Å². The minimum atomic E-state index is -0.194. The maximum Gasteiger partial charge on any atom is 0.154 e. The van der Waals surface area contributed by atoms with E-state index in [-0.39, 0.29) is 29.1 Å². The van der Waals surface area contributed by atoms with Crippen LogP contribution < -0.4 is 5.32 Å². The van der Waals surface area contributed by atoms with Crippen molar-refractivity contribution >= 4 is 0 Å². The lowest BCUT2D eigenvalue weighted by atomic mass is 10.1. The summed E-state index contributed by atoms with van der Waals surface area (Å²) in [6, 6.07) is 5.00. The molecule has 0 aromatic carbocycles. The van der Waals surface area contributed by atoms with E-state index in [0.717, 1.165) is 0 Å². The van der Waals surface area contributed by atoms with Gasteiger partial charge in [-0.2, -0.15) is 15.8 Å². The summed E-state index contributed by atoms with van der Waals surface area (Å²) >= 11 is 0. The van der Waals surface area contributed by atoms with Crippen molar-refractivity contribution < 1.29 is 5.11 Å². The van der Waals surface area contributed by atoms with E-state index in [1.807, 2.05) is 0 Å². The molecule has 1 aliphatic heterocycles. The van der Waals surface area contributed by atoms with E-state index in [2.05, 4.69) is 5.32 Å². The van der Waals surface area contributed by atoms with Gasteiger partial charge in [0.1, 0.15) is 29.5 Å². The summed E-state index contributed by atoms with van der Waals surface area (Å²) < 4.78 is 0. The van der Waals surface area contributed by atoms with Crippen LogP contribution in [0.2, 0.25) is 0 Å². The zero-order valence-electron chi connectivity index (χ0n) is 6.50. The predicted molar refractivity (Wildman–Crippen MR) is 41.5 cm³/mol. The van der Waals surface area contributed by atoms with E-state index >= 15 is 0 Å². The quantitative estimate of drug-likeness (QED) is 0.509. The molecule has 0 radical (unpaired) electrons. The van der Waals surface area contributed by atoms with Gasteiger partial charge in [-0.25, -0.2) is 0 Å². The lowest BCUT2D eigenvalue weighted by Crippen LogP contribution is -2.09. The van der Waals surface area contributed by atoms with Gasteiger partial charge >= 0.3 is 0 Å². The molecule has 0 aliphatic carbocycles. The zero-order valence-corrected chi connectivity index (χ0v) is 6.50. The molecule has 0 saturated heterocycles. The average molecular weight is 172 g/mol. The van der Waals surface area contributed by atoms with Crippen LogP contribution in [0, 0.1) is 34.0 Å². The first-order valence-electron chi connectivity index (χ1n) is 3.35. The van der Waals surface area contributed by atoms with Gasteiger partial charge in [0.25, 0.3) is 0 Å². The Balaban J connectivity index is 3.30. The molecule has 1 aliphatic rings. The van der Waals surface area contributed by atoms with Crippen LogP contribution in [0.4, 0.5) is 0 Å². The van der Waals surface area contributed by atoms with Gasteiger partial charge in [-0.1, -0.05) is 0 Å². The maximum atomic E-state index is 9.14. The van der Waals surface area contributed by atoms with Crippen LogP contribution in [0.5, 0.6) is 0 Å². The second kappa shape index (κ2) is 3.30. The number of nitrogens with zero attached hydrogens (tertiary/aromatic N) is 3. The van der Waals surface area contributed by atoms with Gasteiger partial charge in [0.15, 0.2) is 5.57 Å². The third kappa shape index (κ3) is 1.29. The summed E-state index contributed by atoms with van der Waals surface area (Å²) in [4.78, 5) is 0. The average Bonchev–Trinajstić information content (AvgIpc) is 2.50.